The van der Waals surface area contributed by atoms with Crippen LogP contribution in [-0.4, -0.2) is 25.9 Å². The topological polar surface area (TPSA) is 38.3 Å². The number of hydrogen-bond acceptors (Lipinski definition) is 2. The third-order valence-corrected chi connectivity index (χ3v) is 10.6. The van der Waals surface area contributed by atoms with E-state index in [2.05, 4.69) is 79.5 Å². The minimum atomic E-state index is -2.42. The third kappa shape index (κ3) is 4.81. The SMILES string of the molecule is CC1=C([C@H](OC(=O)NC(C)C)[Si](C)(c2ccccc2)c2ccccc2)CCCC1. The van der Waals surface area contributed by atoms with Gasteiger partial charge in [0.05, 0.1) is 0 Å². The van der Waals surface area contributed by atoms with Crippen LogP contribution in [0.15, 0.2) is 71.8 Å². The molecule has 3 rings (SSSR count). The van der Waals surface area contributed by atoms with Crippen LogP contribution in [0.25, 0.3) is 0 Å². The van der Waals surface area contributed by atoms with E-state index in [9.17, 15) is 4.79 Å². The Morgan fingerprint density at radius 2 is 1.45 bits per heavy atom. The Morgan fingerprint density at radius 3 is 1.93 bits per heavy atom. The Balaban J connectivity index is 2.16. The molecule has 0 spiro atoms. The normalized spacial score (nSPS) is 15.9. The Hall–Kier alpha value is -2.33. The molecule has 0 radical (unpaired) electrons. The van der Waals surface area contributed by atoms with Crippen LogP contribution < -0.4 is 15.7 Å². The van der Waals surface area contributed by atoms with Crippen molar-refractivity contribution < 1.29 is 9.53 Å². The summed E-state index contributed by atoms with van der Waals surface area (Å²) >= 11 is 0. The molecule has 1 aliphatic rings. The van der Waals surface area contributed by atoms with E-state index in [1.165, 1.54) is 27.9 Å². The molecule has 0 aliphatic heterocycles. The Labute approximate surface area is 176 Å². The molecule has 3 nitrogen and oxygen atoms in total. The van der Waals surface area contributed by atoms with Gasteiger partial charge in [-0.1, -0.05) is 72.8 Å². The number of amides is 1. The van der Waals surface area contributed by atoms with Crippen LogP contribution >= 0.6 is 0 Å². The highest BCUT2D eigenvalue weighted by molar-refractivity contribution is 7.02. The molecule has 0 aromatic heterocycles. The number of allylic oxidation sites excluding steroid dienone is 1. The summed E-state index contributed by atoms with van der Waals surface area (Å²) in [6.45, 7) is 8.49. The van der Waals surface area contributed by atoms with E-state index in [-0.39, 0.29) is 17.9 Å². The van der Waals surface area contributed by atoms with Crippen molar-refractivity contribution in [2.45, 2.75) is 64.8 Å². The van der Waals surface area contributed by atoms with Crippen LogP contribution in [0.5, 0.6) is 0 Å². The van der Waals surface area contributed by atoms with Crippen molar-refractivity contribution in [1.82, 2.24) is 5.32 Å². The standard InChI is InChI=1S/C25H33NO2Si/c1-19(2)26-25(27)28-24(23-18-12-11-13-20(23)3)29(4,21-14-7-5-8-15-21)22-16-9-6-10-17-22/h5-10,14-17,19,24H,11-13,18H2,1-4H3,(H,26,27)/t24-/m1/s1. The molecule has 29 heavy (non-hydrogen) atoms. The first-order chi connectivity index (χ1) is 13.9. The number of carbonyl (C=O) groups is 1. The molecule has 0 saturated heterocycles. The minimum Gasteiger partial charge on any atom is -0.445 e. The van der Waals surface area contributed by atoms with E-state index >= 15 is 0 Å². The summed E-state index contributed by atoms with van der Waals surface area (Å²) in [4.78, 5) is 12.8. The number of hydrogen-bond donors (Lipinski definition) is 1. The summed E-state index contributed by atoms with van der Waals surface area (Å²) in [5, 5.41) is 5.52. The van der Waals surface area contributed by atoms with Crippen LogP contribution in [0.4, 0.5) is 4.79 Å². The zero-order valence-electron chi connectivity index (χ0n) is 18.1. The fourth-order valence-electron chi connectivity index (χ4n) is 4.39. The zero-order chi connectivity index (χ0) is 20.9. The average Bonchev–Trinajstić information content (AvgIpc) is 2.73. The zero-order valence-corrected chi connectivity index (χ0v) is 19.1. The van der Waals surface area contributed by atoms with Crippen molar-refractivity contribution in [2.24, 2.45) is 0 Å². The minimum absolute atomic E-state index is 0.0472. The molecule has 0 bridgehead atoms. The second-order valence-electron chi connectivity index (χ2n) is 8.53. The van der Waals surface area contributed by atoms with Crippen LogP contribution in [0.1, 0.15) is 46.5 Å². The first-order valence-electron chi connectivity index (χ1n) is 10.7. The highest BCUT2D eigenvalue weighted by atomic mass is 28.3. The number of ether oxygens (including phenoxy) is 1. The van der Waals surface area contributed by atoms with Crippen LogP contribution in [-0.2, 0) is 4.74 Å². The molecule has 1 atom stereocenters. The van der Waals surface area contributed by atoms with Gasteiger partial charge in [-0.2, -0.15) is 0 Å². The van der Waals surface area contributed by atoms with Crippen molar-refractivity contribution in [1.29, 1.82) is 0 Å². The fraction of sp³-hybridized carbons (Fsp3) is 0.400. The Bertz CT molecular complexity index is 806. The number of nitrogens with one attached hydrogen (secondary N) is 1. The van der Waals surface area contributed by atoms with E-state index in [1.807, 2.05) is 13.8 Å². The van der Waals surface area contributed by atoms with Gasteiger partial charge in [-0.25, -0.2) is 4.79 Å². The van der Waals surface area contributed by atoms with E-state index in [0.717, 1.165) is 19.3 Å². The number of carbonyl (C=O) groups excluding carboxylic acids is 1. The van der Waals surface area contributed by atoms with Gasteiger partial charge in [0.25, 0.3) is 0 Å². The van der Waals surface area contributed by atoms with E-state index in [0.29, 0.717) is 0 Å². The molecular formula is C25H33NO2Si. The first-order valence-corrected chi connectivity index (χ1v) is 13.3. The smallest absolute Gasteiger partial charge is 0.407 e. The lowest BCUT2D eigenvalue weighted by Crippen LogP contribution is -2.66. The van der Waals surface area contributed by atoms with Gasteiger partial charge in [0.15, 0.2) is 8.07 Å². The lowest BCUT2D eigenvalue weighted by Gasteiger charge is -2.39. The Kier molecular flexibility index (Phi) is 6.96. The number of rotatable bonds is 6. The summed E-state index contributed by atoms with van der Waals surface area (Å²) in [6.07, 6.45) is 4.16. The lowest BCUT2D eigenvalue weighted by molar-refractivity contribution is 0.136. The fourth-order valence-corrected chi connectivity index (χ4v) is 8.53. The molecule has 0 saturated carbocycles. The molecule has 2 aromatic rings. The highest BCUT2D eigenvalue weighted by Crippen LogP contribution is 2.32. The summed E-state index contributed by atoms with van der Waals surface area (Å²) in [5.41, 5.74) is 2.51. The molecule has 0 unspecified atom stereocenters. The lowest BCUT2D eigenvalue weighted by atomic mass is 9.93. The maximum absolute atomic E-state index is 12.8. The van der Waals surface area contributed by atoms with E-state index < -0.39 is 8.07 Å². The summed E-state index contributed by atoms with van der Waals surface area (Å²) in [7, 11) is -2.42. The molecule has 1 amide bonds. The van der Waals surface area contributed by atoms with Crippen LogP contribution in [0.2, 0.25) is 6.55 Å². The van der Waals surface area contributed by atoms with Gasteiger partial charge >= 0.3 is 6.09 Å². The predicted molar refractivity (Wildman–Crippen MR) is 123 cm³/mol. The van der Waals surface area contributed by atoms with Crippen LogP contribution in [0.3, 0.4) is 0 Å². The maximum atomic E-state index is 12.8. The summed E-state index contributed by atoms with van der Waals surface area (Å²) in [5.74, 6) is 0. The third-order valence-electron chi connectivity index (χ3n) is 6.02. The second-order valence-corrected chi connectivity index (χ2v) is 12.6. The van der Waals surface area contributed by atoms with Gasteiger partial charge in [0.2, 0.25) is 0 Å². The quantitative estimate of drug-likeness (QED) is 0.551. The maximum Gasteiger partial charge on any atom is 0.407 e. The molecule has 0 fully saturated rings. The van der Waals surface area contributed by atoms with Crippen molar-refractivity contribution in [3.63, 3.8) is 0 Å². The summed E-state index contributed by atoms with van der Waals surface area (Å²) < 4.78 is 6.30. The highest BCUT2D eigenvalue weighted by Gasteiger charge is 2.45. The molecule has 154 valence electrons. The average molecular weight is 408 g/mol. The monoisotopic (exact) mass is 407 g/mol. The second kappa shape index (κ2) is 9.44. The molecule has 1 aliphatic carbocycles. The van der Waals surface area contributed by atoms with E-state index in [4.69, 9.17) is 4.74 Å². The van der Waals surface area contributed by atoms with Crippen molar-refractivity contribution >= 4 is 24.5 Å². The van der Waals surface area contributed by atoms with Gasteiger partial charge in [-0.3, -0.25) is 0 Å². The van der Waals surface area contributed by atoms with E-state index in [1.54, 1.807) is 0 Å². The molecule has 1 N–H and O–H groups in total. The largest absolute Gasteiger partial charge is 0.445 e. The molecular weight excluding hydrogens is 374 g/mol. The van der Waals surface area contributed by atoms with Gasteiger partial charge in [0, 0.05) is 6.04 Å². The van der Waals surface area contributed by atoms with Crippen molar-refractivity contribution in [3.8, 4) is 0 Å². The molecule has 4 heteroatoms. The number of alkyl carbamates (subject to hydrolysis) is 1. The van der Waals surface area contributed by atoms with Gasteiger partial charge in [-0.15, -0.1) is 0 Å². The predicted octanol–water partition coefficient (Wildman–Crippen LogP) is 4.81. The van der Waals surface area contributed by atoms with Gasteiger partial charge in [0.1, 0.15) is 5.73 Å². The van der Waals surface area contributed by atoms with Crippen LogP contribution in [0, 0.1) is 0 Å². The molecule has 2 aromatic carbocycles. The van der Waals surface area contributed by atoms with Crippen molar-refractivity contribution in [3.05, 3.63) is 71.8 Å². The molecule has 0 heterocycles. The van der Waals surface area contributed by atoms with Crippen molar-refractivity contribution in [2.75, 3.05) is 0 Å². The summed E-state index contributed by atoms with van der Waals surface area (Å²) in [6, 6.07) is 21.3. The van der Waals surface area contributed by atoms with Gasteiger partial charge in [-0.05, 0) is 62.4 Å². The first kappa shape index (κ1) is 21.4. The Morgan fingerprint density at radius 1 is 0.931 bits per heavy atom. The number of benzene rings is 2. The van der Waals surface area contributed by atoms with Gasteiger partial charge < -0.3 is 10.1 Å².